The lowest BCUT2D eigenvalue weighted by Crippen LogP contribution is -2.60. The van der Waals surface area contributed by atoms with Gasteiger partial charge in [-0.25, -0.2) is 13.1 Å². The Hall–Kier alpha value is -2.29. The highest BCUT2D eigenvalue weighted by atomic mass is 35.5. The van der Waals surface area contributed by atoms with E-state index < -0.39 is 21.2 Å². The average Bonchev–Trinajstić information content (AvgIpc) is 3.13. The van der Waals surface area contributed by atoms with Gasteiger partial charge in [-0.15, -0.1) is 0 Å². The van der Waals surface area contributed by atoms with Gasteiger partial charge in [-0.3, -0.25) is 4.79 Å². The van der Waals surface area contributed by atoms with Gasteiger partial charge >= 0.3 is 0 Å². The molecule has 2 bridgehead atoms. The number of ether oxygens (including phenoxy) is 2. The standard InChI is InChI=1S/C35H47ClN2O5S/c1-23-8-6-10-31(42-5)34(4)17-16-33(34,3)20-38-21-35(15-7-9-25-18-27(36)12-13-28(25)35)22-43-30-14-11-26(19-29(30)38)32(39)37-44(40,41)24(23)2/h11-14,18-19,23-24,31H,6-10,15-17,20-22H2,1-5H3,(H,37,39)/t23-,24+,31-,33-,34-,35-/m0/s1. The van der Waals surface area contributed by atoms with Crippen molar-refractivity contribution in [3.63, 3.8) is 0 Å². The first kappa shape index (κ1) is 31.7. The van der Waals surface area contributed by atoms with Crippen molar-refractivity contribution in [1.82, 2.24) is 4.72 Å². The number of nitrogens with one attached hydrogen (secondary N) is 1. The van der Waals surface area contributed by atoms with Gasteiger partial charge in [-0.1, -0.05) is 44.9 Å². The highest BCUT2D eigenvalue weighted by molar-refractivity contribution is 7.90. The average molecular weight is 643 g/mol. The van der Waals surface area contributed by atoms with E-state index in [1.165, 1.54) is 11.1 Å². The molecule has 240 valence electrons. The number of aryl methyl sites for hydroxylation is 1. The van der Waals surface area contributed by atoms with Crippen LogP contribution in [0.5, 0.6) is 5.75 Å². The van der Waals surface area contributed by atoms with Crippen molar-refractivity contribution in [1.29, 1.82) is 0 Å². The fourth-order valence-electron chi connectivity index (χ4n) is 8.55. The summed E-state index contributed by atoms with van der Waals surface area (Å²) in [6, 6.07) is 11.6. The Balaban J connectivity index is 1.47. The number of hydrogen-bond donors (Lipinski definition) is 1. The van der Waals surface area contributed by atoms with Crippen LogP contribution in [0.2, 0.25) is 5.02 Å². The van der Waals surface area contributed by atoms with Gasteiger partial charge in [0.15, 0.2) is 0 Å². The van der Waals surface area contributed by atoms with Gasteiger partial charge < -0.3 is 14.4 Å². The SMILES string of the molecule is CO[C@H]1CCC[C@H](C)[C@@H](C)S(=O)(=O)NC(=O)c2ccc3c(c2)N(C[C@@]2(CCCc4cc(Cl)ccc42)CO3)C[C@]2(C)CC[C@@]12C. The predicted octanol–water partition coefficient (Wildman–Crippen LogP) is 6.90. The normalized spacial score (nSPS) is 35.4. The Kier molecular flexibility index (Phi) is 8.28. The molecule has 9 heteroatoms. The van der Waals surface area contributed by atoms with Crippen LogP contribution in [0.4, 0.5) is 5.69 Å². The molecular weight excluding hydrogens is 596 g/mol. The summed E-state index contributed by atoms with van der Waals surface area (Å²) in [5, 5.41) is 0.0478. The molecule has 2 heterocycles. The van der Waals surface area contributed by atoms with Crippen molar-refractivity contribution >= 4 is 33.2 Å². The zero-order valence-corrected chi connectivity index (χ0v) is 28.3. The number of carbonyl (C=O) groups excluding carboxylic acids is 1. The molecule has 6 rings (SSSR count). The summed E-state index contributed by atoms with van der Waals surface area (Å²) in [5.74, 6) is 0.0136. The van der Waals surface area contributed by atoms with Crippen LogP contribution in [-0.4, -0.2) is 52.5 Å². The smallest absolute Gasteiger partial charge is 0.264 e. The van der Waals surface area contributed by atoms with E-state index in [0.29, 0.717) is 12.2 Å². The number of methoxy groups -OCH3 is 1. The first-order valence-corrected chi connectivity index (χ1v) is 18.1. The summed E-state index contributed by atoms with van der Waals surface area (Å²) in [6.45, 7) is 10.5. The third kappa shape index (κ3) is 5.32. The van der Waals surface area contributed by atoms with Crippen LogP contribution in [0.25, 0.3) is 0 Å². The summed E-state index contributed by atoms with van der Waals surface area (Å²) in [6.07, 6.45) is 7.73. The maximum absolute atomic E-state index is 13.5. The van der Waals surface area contributed by atoms with E-state index in [-0.39, 0.29) is 28.3 Å². The maximum atomic E-state index is 13.5. The molecule has 1 N–H and O–H groups in total. The van der Waals surface area contributed by atoms with Crippen LogP contribution in [0.1, 0.15) is 94.1 Å². The quantitative estimate of drug-likeness (QED) is 0.364. The number of fused-ring (bicyclic) bond motifs is 4. The molecule has 6 atom stereocenters. The summed E-state index contributed by atoms with van der Waals surface area (Å²) in [4.78, 5) is 15.9. The minimum atomic E-state index is -3.87. The molecule has 0 saturated heterocycles. The highest BCUT2D eigenvalue weighted by Crippen LogP contribution is 2.61. The molecule has 2 aromatic carbocycles. The van der Waals surface area contributed by atoms with Crippen LogP contribution in [0.15, 0.2) is 36.4 Å². The van der Waals surface area contributed by atoms with Crippen molar-refractivity contribution in [2.24, 2.45) is 16.7 Å². The van der Waals surface area contributed by atoms with E-state index in [9.17, 15) is 13.2 Å². The maximum Gasteiger partial charge on any atom is 0.264 e. The Morgan fingerprint density at radius 1 is 1.02 bits per heavy atom. The van der Waals surface area contributed by atoms with Gasteiger partial charge in [-0.05, 0) is 105 Å². The van der Waals surface area contributed by atoms with E-state index in [2.05, 4.69) is 35.6 Å². The molecule has 2 aliphatic heterocycles. The molecule has 44 heavy (non-hydrogen) atoms. The minimum Gasteiger partial charge on any atom is -0.490 e. The van der Waals surface area contributed by atoms with Crippen molar-refractivity contribution < 1.29 is 22.7 Å². The lowest BCUT2D eigenvalue weighted by molar-refractivity contribution is -0.149. The number of hydrogen-bond acceptors (Lipinski definition) is 6. The number of halogens is 1. The van der Waals surface area contributed by atoms with Crippen molar-refractivity contribution in [2.45, 2.75) is 95.8 Å². The summed E-state index contributed by atoms with van der Waals surface area (Å²) < 4.78 is 41.9. The van der Waals surface area contributed by atoms with Gasteiger partial charge in [0, 0.05) is 41.6 Å². The van der Waals surface area contributed by atoms with E-state index >= 15 is 0 Å². The van der Waals surface area contributed by atoms with Crippen molar-refractivity contribution in [2.75, 3.05) is 31.7 Å². The first-order chi connectivity index (χ1) is 20.8. The van der Waals surface area contributed by atoms with Crippen LogP contribution in [0.3, 0.4) is 0 Å². The van der Waals surface area contributed by atoms with Crippen LogP contribution < -0.4 is 14.4 Å². The monoisotopic (exact) mass is 642 g/mol. The lowest BCUT2D eigenvalue weighted by atomic mass is 9.48. The zero-order valence-electron chi connectivity index (χ0n) is 26.7. The number of amides is 1. The van der Waals surface area contributed by atoms with Gasteiger partial charge in [0.2, 0.25) is 10.0 Å². The van der Waals surface area contributed by atoms with Crippen LogP contribution in [0, 0.1) is 16.7 Å². The Bertz CT molecular complexity index is 1550. The number of anilines is 1. The predicted molar refractivity (Wildman–Crippen MR) is 175 cm³/mol. The Morgan fingerprint density at radius 2 is 1.82 bits per heavy atom. The lowest BCUT2D eigenvalue weighted by Gasteiger charge is -2.61. The van der Waals surface area contributed by atoms with Gasteiger partial charge in [0.05, 0.1) is 23.6 Å². The van der Waals surface area contributed by atoms with Crippen LogP contribution in [-0.2, 0) is 26.6 Å². The molecule has 2 aromatic rings. The molecule has 0 radical (unpaired) electrons. The summed E-state index contributed by atoms with van der Waals surface area (Å²) >= 11 is 6.44. The third-order valence-corrected chi connectivity index (χ3v) is 14.2. The highest BCUT2D eigenvalue weighted by Gasteiger charge is 2.58. The fourth-order valence-corrected chi connectivity index (χ4v) is 10.1. The van der Waals surface area contributed by atoms with Crippen molar-refractivity contribution in [3.8, 4) is 5.75 Å². The second-order valence-corrected chi connectivity index (χ2v) is 17.0. The second kappa shape index (κ2) is 11.5. The molecule has 1 fully saturated rings. The number of benzene rings is 2. The van der Waals surface area contributed by atoms with Gasteiger partial charge in [0.25, 0.3) is 5.91 Å². The summed E-state index contributed by atoms with van der Waals surface area (Å²) in [7, 11) is -2.05. The largest absolute Gasteiger partial charge is 0.490 e. The molecule has 7 nitrogen and oxygen atoms in total. The number of carbonyl (C=O) groups is 1. The molecule has 4 aliphatic rings. The van der Waals surface area contributed by atoms with Gasteiger partial charge in [-0.2, -0.15) is 0 Å². The minimum absolute atomic E-state index is 0.0362. The molecule has 2 aliphatic carbocycles. The fraction of sp³-hybridized carbons (Fsp3) is 0.629. The third-order valence-electron chi connectivity index (χ3n) is 12.1. The molecule has 0 unspecified atom stereocenters. The zero-order chi connectivity index (χ0) is 31.5. The van der Waals surface area contributed by atoms with E-state index in [1.54, 1.807) is 13.0 Å². The molecule has 1 amide bonds. The molecule has 1 spiro atoms. The van der Waals surface area contributed by atoms with E-state index in [4.69, 9.17) is 21.1 Å². The molecule has 0 aromatic heterocycles. The Morgan fingerprint density at radius 3 is 2.55 bits per heavy atom. The van der Waals surface area contributed by atoms with Crippen molar-refractivity contribution in [3.05, 3.63) is 58.1 Å². The topological polar surface area (TPSA) is 84.9 Å². The molecular formula is C35H47ClN2O5S. The number of rotatable bonds is 1. The van der Waals surface area contributed by atoms with E-state index in [0.717, 1.165) is 80.9 Å². The van der Waals surface area contributed by atoms with Gasteiger partial charge in [0.1, 0.15) is 5.75 Å². The number of sulfonamides is 1. The number of nitrogens with zero attached hydrogens (tertiary/aromatic N) is 1. The summed E-state index contributed by atoms with van der Waals surface area (Å²) in [5.41, 5.74) is 3.39. The van der Waals surface area contributed by atoms with Crippen LogP contribution >= 0.6 is 11.6 Å². The van der Waals surface area contributed by atoms with E-state index in [1.807, 2.05) is 32.2 Å². The second-order valence-electron chi connectivity index (χ2n) is 14.6. The molecule has 1 saturated carbocycles. The Labute approximate surface area is 268 Å². The first-order valence-electron chi connectivity index (χ1n) is 16.2.